The lowest BCUT2D eigenvalue weighted by Gasteiger charge is -2.42. The van der Waals surface area contributed by atoms with Gasteiger partial charge in [0.05, 0.1) is 5.56 Å². The van der Waals surface area contributed by atoms with Crippen molar-refractivity contribution in [1.29, 1.82) is 0 Å². The molecule has 2 aromatic rings. The fourth-order valence-electron chi connectivity index (χ4n) is 4.15. The zero-order valence-corrected chi connectivity index (χ0v) is 16.0. The summed E-state index contributed by atoms with van der Waals surface area (Å²) in [7, 11) is 0. The molecule has 0 spiro atoms. The van der Waals surface area contributed by atoms with Gasteiger partial charge < -0.3 is 10.3 Å². The van der Waals surface area contributed by atoms with E-state index in [0.717, 1.165) is 25.7 Å². The number of rotatable bonds is 5. The topological polar surface area (TPSA) is 62.7 Å². The van der Waals surface area contributed by atoms with E-state index in [1.165, 1.54) is 5.56 Å². The van der Waals surface area contributed by atoms with Gasteiger partial charge in [0.1, 0.15) is 6.10 Å². The molecule has 4 heteroatoms. The molecule has 1 fully saturated rings. The number of carbonyl (C=O) groups excluding carboxylic acids is 1. The largest absolute Gasteiger partial charge is 0.453 e. The predicted molar refractivity (Wildman–Crippen MR) is 105 cm³/mol. The third-order valence-corrected chi connectivity index (χ3v) is 5.75. The van der Waals surface area contributed by atoms with Crippen LogP contribution in [0.5, 0.6) is 0 Å². The molecular weight excluding hydrogens is 336 g/mol. The molecule has 0 N–H and O–H groups in total. The minimum Gasteiger partial charge on any atom is -0.453 e. The molecule has 0 aliphatic heterocycles. The zero-order valence-electron chi connectivity index (χ0n) is 16.0. The van der Waals surface area contributed by atoms with Crippen molar-refractivity contribution >= 4 is 11.7 Å². The van der Waals surface area contributed by atoms with Gasteiger partial charge >= 0.3 is 11.7 Å². The zero-order chi connectivity index (χ0) is 19.3. The van der Waals surface area contributed by atoms with Gasteiger partial charge in [-0.3, -0.25) is 0 Å². The Kier molecular flexibility index (Phi) is 5.88. The number of nitrogens with zero attached hydrogens (tertiary/aromatic N) is 2. The Morgan fingerprint density at radius 2 is 1.59 bits per heavy atom. The second kappa shape index (κ2) is 8.32. The summed E-state index contributed by atoms with van der Waals surface area (Å²) < 4.78 is 5.89. The van der Waals surface area contributed by atoms with E-state index < -0.39 is 5.97 Å². The van der Waals surface area contributed by atoms with Crippen molar-refractivity contribution in [3.8, 4) is 0 Å². The van der Waals surface area contributed by atoms with Crippen molar-refractivity contribution < 1.29 is 14.3 Å². The first-order chi connectivity index (χ1) is 13.0. The first kappa shape index (κ1) is 19.1. The van der Waals surface area contributed by atoms with E-state index in [1.807, 2.05) is 24.3 Å². The summed E-state index contributed by atoms with van der Waals surface area (Å²) in [5.74, 6) is -0.349. The molecule has 0 unspecified atom stereocenters. The maximum absolute atomic E-state index is 12.7. The summed E-state index contributed by atoms with van der Waals surface area (Å²) in [6.45, 7) is 4.44. The van der Waals surface area contributed by atoms with Gasteiger partial charge in [-0.05, 0) is 42.4 Å². The molecule has 27 heavy (non-hydrogen) atoms. The summed E-state index contributed by atoms with van der Waals surface area (Å²) in [6.07, 6.45) is 3.82. The van der Waals surface area contributed by atoms with Crippen LogP contribution in [0, 0.1) is 5.92 Å². The van der Waals surface area contributed by atoms with E-state index in [-0.39, 0.29) is 23.1 Å². The molecule has 1 aliphatic carbocycles. The standard InChI is InChI=1S/C23H26N2O2/c1-23(2,18-13-7-4-8-14-18)19-15-9-10-16-20(19)27-22(26)21(25-24)17-11-5-3-6-12-17/h3-8,11-14,19-20H,9-10,15-16H2,1-2H3/t19-,20-/m0/s1. The minimum atomic E-state index is -0.565. The number of esters is 1. The lowest BCUT2D eigenvalue weighted by Crippen LogP contribution is -2.43. The van der Waals surface area contributed by atoms with Crippen LogP contribution in [0.3, 0.4) is 0 Å². The van der Waals surface area contributed by atoms with Gasteiger partial charge in [0.25, 0.3) is 0 Å². The number of benzene rings is 2. The second-order valence-electron chi connectivity index (χ2n) is 7.74. The van der Waals surface area contributed by atoms with Crippen LogP contribution < -0.4 is 0 Å². The molecule has 140 valence electrons. The molecule has 0 heterocycles. The molecule has 2 atom stereocenters. The number of hydrogen-bond acceptors (Lipinski definition) is 2. The minimum absolute atomic E-state index is 0.0440. The highest BCUT2D eigenvalue weighted by Crippen LogP contribution is 2.42. The summed E-state index contributed by atoms with van der Waals surface area (Å²) in [4.78, 5) is 16.0. The van der Waals surface area contributed by atoms with E-state index in [4.69, 9.17) is 4.74 Å². The predicted octanol–water partition coefficient (Wildman–Crippen LogP) is 4.79. The fourth-order valence-corrected chi connectivity index (χ4v) is 4.15. The normalized spacial score (nSPS) is 19.8. The van der Waals surface area contributed by atoms with Crippen LogP contribution >= 0.6 is 0 Å². The smallest absolute Gasteiger partial charge is 0.422 e. The highest BCUT2D eigenvalue weighted by atomic mass is 16.5. The van der Waals surface area contributed by atoms with Crippen molar-refractivity contribution in [2.45, 2.75) is 51.0 Å². The molecule has 0 bridgehead atoms. The Hall–Kier alpha value is -2.71. The van der Waals surface area contributed by atoms with Crippen LogP contribution in [0.2, 0.25) is 0 Å². The molecule has 0 saturated heterocycles. The molecule has 4 nitrogen and oxygen atoms in total. The molecule has 1 aliphatic rings. The SMILES string of the molecule is CC(C)(c1ccccc1)[C@H]1CCCC[C@@H]1OC(=O)C(=[N+]=[N-])c1ccccc1. The third kappa shape index (κ3) is 4.17. The number of hydrogen-bond donors (Lipinski definition) is 0. The van der Waals surface area contributed by atoms with Crippen molar-refractivity contribution in [3.05, 3.63) is 77.3 Å². The van der Waals surface area contributed by atoms with Crippen LogP contribution in [0.15, 0.2) is 60.7 Å². The van der Waals surface area contributed by atoms with Crippen LogP contribution in [-0.4, -0.2) is 22.6 Å². The van der Waals surface area contributed by atoms with Crippen LogP contribution in [0.25, 0.3) is 5.53 Å². The van der Waals surface area contributed by atoms with Crippen LogP contribution in [0.1, 0.15) is 50.7 Å². The molecular formula is C23H26N2O2. The van der Waals surface area contributed by atoms with Crippen LogP contribution in [-0.2, 0) is 14.9 Å². The molecule has 0 aromatic heterocycles. The molecule has 0 radical (unpaired) electrons. The highest BCUT2D eigenvalue weighted by molar-refractivity contribution is 6.40. The van der Waals surface area contributed by atoms with E-state index in [0.29, 0.717) is 5.56 Å². The van der Waals surface area contributed by atoms with Crippen LogP contribution in [0.4, 0.5) is 0 Å². The van der Waals surface area contributed by atoms with E-state index in [9.17, 15) is 10.3 Å². The van der Waals surface area contributed by atoms with Crippen molar-refractivity contribution in [1.82, 2.24) is 0 Å². The van der Waals surface area contributed by atoms with E-state index in [1.54, 1.807) is 24.3 Å². The average molecular weight is 362 g/mol. The summed E-state index contributed by atoms with van der Waals surface area (Å²) in [5, 5.41) is 0. The van der Waals surface area contributed by atoms with E-state index in [2.05, 4.69) is 30.8 Å². The van der Waals surface area contributed by atoms with Gasteiger partial charge in [-0.25, -0.2) is 4.79 Å². The molecule has 0 amide bonds. The fraction of sp³-hybridized carbons (Fsp3) is 0.391. The lowest BCUT2D eigenvalue weighted by atomic mass is 9.66. The quantitative estimate of drug-likeness (QED) is 0.332. The highest BCUT2D eigenvalue weighted by Gasteiger charge is 2.41. The Bertz CT molecular complexity index is 824. The first-order valence-corrected chi connectivity index (χ1v) is 9.58. The Morgan fingerprint density at radius 1 is 1.00 bits per heavy atom. The number of carbonyl (C=O) groups is 1. The van der Waals surface area contributed by atoms with E-state index >= 15 is 0 Å². The summed E-state index contributed by atoms with van der Waals surface area (Å²) in [6, 6.07) is 19.3. The van der Waals surface area contributed by atoms with Gasteiger partial charge in [0.15, 0.2) is 0 Å². The van der Waals surface area contributed by atoms with Gasteiger partial charge in [0, 0.05) is 5.92 Å². The maximum atomic E-state index is 12.7. The molecule has 2 aromatic carbocycles. The maximum Gasteiger partial charge on any atom is 0.422 e. The first-order valence-electron chi connectivity index (χ1n) is 9.58. The third-order valence-electron chi connectivity index (χ3n) is 5.75. The molecule has 1 saturated carbocycles. The van der Waals surface area contributed by atoms with Crippen molar-refractivity contribution in [2.24, 2.45) is 5.92 Å². The summed E-state index contributed by atoms with van der Waals surface area (Å²) >= 11 is 0. The Balaban J connectivity index is 1.82. The van der Waals surface area contributed by atoms with Gasteiger partial charge in [-0.1, -0.05) is 68.8 Å². The Morgan fingerprint density at radius 3 is 2.22 bits per heavy atom. The van der Waals surface area contributed by atoms with Crippen molar-refractivity contribution in [3.63, 3.8) is 0 Å². The van der Waals surface area contributed by atoms with Gasteiger partial charge in [-0.15, -0.1) is 0 Å². The monoisotopic (exact) mass is 362 g/mol. The second-order valence-corrected chi connectivity index (χ2v) is 7.74. The summed E-state index contributed by atoms with van der Waals surface area (Å²) in [5.41, 5.74) is 11.0. The average Bonchev–Trinajstić information content (AvgIpc) is 2.70. The number of ether oxygens (including phenoxy) is 1. The molecule has 3 rings (SSSR count). The van der Waals surface area contributed by atoms with Gasteiger partial charge in [-0.2, -0.15) is 4.79 Å². The lowest BCUT2D eigenvalue weighted by molar-refractivity contribution is -0.151. The Labute approximate surface area is 160 Å². The van der Waals surface area contributed by atoms with Gasteiger partial charge in [0.2, 0.25) is 0 Å². The van der Waals surface area contributed by atoms with Crippen molar-refractivity contribution in [2.75, 3.05) is 0 Å².